The highest BCUT2D eigenvalue weighted by atomic mass is 16.5. The Kier molecular flexibility index (Phi) is 4.66. The van der Waals surface area contributed by atoms with Crippen LogP contribution in [0.25, 0.3) is 0 Å². The second-order valence-electron chi connectivity index (χ2n) is 3.46. The summed E-state index contributed by atoms with van der Waals surface area (Å²) in [5.41, 5.74) is -0.147. The van der Waals surface area contributed by atoms with Gasteiger partial charge in [-0.3, -0.25) is 4.79 Å². The van der Waals surface area contributed by atoms with Crippen molar-refractivity contribution >= 4 is 17.9 Å². The summed E-state index contributed by atoms with van der Waals surface area (Å²) in [4.78, 5) is 32.5. The minimum atomic E-state index is -1.25. The van der Waals surface area contributed by atoms with Crippen molar-refractivity contribution in [2.75, 3.05) is 7.11 Å². The maximum atomic E-state index is 10.8. The molecule has 6 nitrogen and oxygen atoms in total. The third kappa shape index (κ3) is 4.16. The number of carbonyl (C=O) groups excluding carboxylic acids is 1. The van der Waals surface area contributed by atoms with Crippen molar-refractivity contribution in [1.29, 1.82) is 0 Å². The smallest absolute Gasteiger partial charge is 0.335 e. The molecule has 1 aromatic rings. The molecule has 1 aromatic carbocycles. The Morgan fingerprint density at radius 1 is 1.11 bits per heavy atom. The molecule has 0 unspecified atom stereocenters. The van der Waals surface area contributed by atoms with E-state index in [2.05, 4.69) is 16.6 Å². The maximum Gasteiger partial charge on any atom is 0.335 e. The number of carbonyl (C=O) groups is 3. The third-order valence-electron chi connectivity index (χ3n) is 2.12. The van der Waals surface area contributed by atoms with Crippen LogP contribution in [0.3, 0.4) is 0 Å². The normalized spacial score (nSPS) is 9.11. The summed E-state index contributed by atoms with van der Waals surface area (Å²) in [5.74, 6) is 1.97. The first-order chi connectivity index (χ1) is 8.93. The fraction of sp³-hybridized carbons (Fsp3) is 0.154. The standard InChI is InChI=1S/C13H10O6/c1-19-11(14)4-2-3-8-5-9(12(15)16)7-10(6-8)13(17)18/h5-7H,4H2,1H3,(H,15,16)(H,17,18). The van der Waals surface area contributed by atoms with Crippen molar-refractivity contribution in [1.82, 2.24) is 0 Å². The number of rotatable bonds is 3. The van der Waals surface area contributed by atoms with Gasteiger partial charge in [0.15, 0.2) is 0 Å². The number of esters is 1. The Hall–Kier alpha value is -2.81. The highest BCUT2D eigenvalue weighted by Gasteiger charge is 2.10. The number of hydrogen-bond donors (Lipinski definition) is 2. The summed E-state index contributed by atoms with van der Waals surface area (Å²) in [6, 6.07) is 3.51. The van der Waals surface area contributed by atoms with Crippen LogP contribution in [0.2, 0.25) is 0 Å². The van der Waals surface area contributed by atoms with Gasteiger partial charge in [0.2, 0.25) is 0 Å². The van der Waals surface area contributed by atoms with Crippen LogP contribution in [-0.2, 0) is 9.53 Å². The van der Waals surface area contributed by atoms with Gasteiger partial charge in [-0.05, 0) is 18.2 Å². The average Bonchev–Trinajstić information content (AvgIpc) is 2.38. The number of methoxy groups -OCH3 is 1. The van der Waals surface area contributed by atoms with E-state index in [9.17, 15) is 14.4 Å². The lowest BCUT2D eigenvalue weighted by atomic mass is 10.1. The predicted octanol–water partition coefficient (Wildman–Crippen LogP) is 0.998. The predicted molar refractivity (Wildman–Crippen MR) is 63.9 cm³/mol. The van der Waals surface area contributed by atoms with Crippen LogP contribution < -0.4 is 0 Å². The molecule has 0 aromatic heterocycles. The van der Waals surface area contributed by atoms with Crippen molar-refractivity contribution in [2.24, 2.45) is 0 Å². The third-order valence-corrected chi connectivity index (χ3v) is 2.12. The molecule has 0 aliphatic carbocycles. The van der Waals surface area contributed by atoms with E-state index in [1.54, 1.807) is 0 Å². The van der Waals surface area contributed by atoms with Crippen LogP contribution in [0.15, 0.2) is 18.2 Å². The van der Waals surface area contributed by atoms with Gasteiger partial charge in [-0.25, -0.2) is 9.59 Å². The number of ether oxygens (including phenoxy) is 1. The van der Waals surface area contributed by atoms with E-state index in [1.165, 1.54) is 19.2 Å². The van der Waals surface area contributed by atoms with Gasteiger partial charge in [-0.1, -0.05) is 11.8 Å². The van der Waals surface area contributed by atoms with Gasteiger partial charge >= 0.3 is 17.9 Å². The molecule has 0 fully saturated rings. The lowest BCUT2D eigenvalue weighted by Gasteiger charge is -1.99. The van der Waals surface area contributed by atoms with E-state index < -0.39 is 17.9 Å². The van der Waals surface area contributed by atoms with E-state index in [0.717, 1.165) is 6.07 Å². The Morgan fingerprint density at radius 2 is 1.63 bits per heavy atom. The first kappa shape index (κ1) is 14.3. The minimum absolute atomic E-state index is 0.157. The molecule has 0 heterocycles. The van der Waals surface area contributed by atoms with Crippen molar-refractivity contribution in [3.05, 3.63) is 34.9 Å². The number of aromatic carboxylic acids is 2. The first-order valence-electron chi connectivity index (χ1n) is 5.11. The summed E-state index contributed by atoms with van der Waals surface area (Å²) in [5, 5.41) is 17.7. The molecule has 19 heavy (non-hydrogen) atoms. The summed E-state index contributed by atoms with van der Waals surface area (Å²) in [7, 11) is 1.22. The van der Waals surface area contributed by atoms with E-state index in [-0.39, 0.29) is 23.1 Å². The molecule has 0 atom stereocenters. The fourth-order valence-electron chi connectivity index (χ4n) is 1.24. The van der Waals surface area contributed by atoms with Crippen LogP contribution in [0, 0.1) is 11.8 Å². The van der Waals surface area contributed by atoms with Crippen molar-refractivity contribution in [2.45, 2.75) is 6.42 Å². The molecule has 2 N–H and O–H groups in total. The van der Waals surface area contributed by atoms with Gasteiger partial charge in [-0.15, -0.1) is 0 Å². The van der Waals surface area contributed by atoms with E-state index in [0.29, 0.717) is 0 Å². The number of carboxylic acid groups (broad SMARTS) is 2. The molecular formula is C13H10O6. The van der Waals surface area contributed by atoms with E-state index in [1.807, 2.05) is 0 Å². The molecule has 0 saturated heterocycles. The Morgan fingerprint density at radius 3 is 2.05 bits per heavy atom. The van der Waals surface area contributed by atoms with Crippen LogP contribution in [0.1, 0.15) is 32.7 Å². The SMILES string of the molecule is COC(=O)CC#Cc1cc(C(=O)O)cc(C(=O)O)c1. The lowest BCUT2D eigenvalue weighted by molar-refractivity contribution is -0.139. The molecule has 0 amide bonds. The van der Waals surface area contributed by atoms with E-state index in [4.69, 9.17) is 10.2 Å². The van der Waals surface area contributed by atoms with E-state index >= 15 is 0 Å². The molecule has 0 spiro atoms. The summed E-state index contributed by atoms with van der Waals surface area (Å²) in [6.07, 6.45) is -0.157. The van der Waals surface area contributed by atoms with Gasteiger partial charge in [-0.2, -0.15) is 0 Å². The molecule has 6 heteroatoms. The lowest BCUT2D eigenvalue weighted by Crippen LogP contribution is -2.03. The highest BCUT2D eigenvalue weighted by molar-refractivity contribution is 5.94. The van der Waals surface area contributed by atoms with Crippen LogP contribution in [-0.4, -0.2) is 35.2 Å². The monoisotopic (exact) mass is 262 g/mol. The van der Waals surface area contributed by atoms with Crippen LogP contribution in [0.5, 0.6) is 0 Å². The summed E-state index contributed by atoms with van der Waals surface area (Å²) < 4.78 is 4.38. The maximum absolute atomic E-state index is 10.8. The zero-order valence-electron chi connectivity index (χ0n) is 9.97. The largest absolute Gasteiger partial charge is 0.478 e. The van der Waals surface area contributed by atoms with Gasteiger partial charge < -0.3 is 14.9 Å². The molecule has 0 saturated carbocycles. The van der Waals surface area contributed by atoms with Gasteiger partial charge in [0, 0.05) is 5.56 Å². The molecule has 0 aliphatic heterocycles. The number of benzene rings is 1. The van der Waals surface area contributed by atoms with Crippen molar-refractivity contribution in [3.63, 3.8) is 0 Å². The molecule has 1 rings (SSSR count). The minimum Gasteiger partial charge on any atom is -0.478 e. The quantitative estimate of drug-likeness (QED) is 0.622. The molecule has 0 radical (unpaired) electrons. The molecule has 0 aliphatic rings. The van der Waals surface area contributed by atoms with Crippen molar-refractivity contribution < 1.29 is 29.3 Å². The first-order valence-corrected chi connectivity index (χ1v) is 5.11. The van der Waals surface area contributed by atoms with Crippen LogP contribution in [0.4, 0.5) is 0 Å². The topological polar surface area (TPSA) is 101 Å². The van der Waals surface area contributed by atoms with Gasteiger partial charge in [0.05, 0.1) is 18.2 Å². The zero-order valence-corrected chi connectivity index (χ0v) is 9.97. The fourth-order valence-corrected chi connectivity index (χ4v) is 1.24. The molecule has 0 bridgehead atoms. The second-order valence-corrected chi connectivity index (χ2v) is 3.46. The summed E-state index contributed by atoms with van der Waals surface area (Å²) >= 11 is 0. The average molecular weight is 262 g/mol. The summed E-state index contributed by atoms with van der Waals surface area (Å²) in [6.45, 7) is 0. The Bertz CT molecular complexity index is 559. The Balaban J connectivity index is 3.09. The molecular weight excluding hydrogens is 252 g/mol. The van der Waals surface area contributed by atoms with Gasteiger partial charge in [0.25, 0.3) is 0 Å². The highest BCUT2D eigenvalue weighted by Crippen LogP contribution is 2.10. The second kappa shape index (κ2) is 6.21. The van der Waals surface area contributed by atoms with Crippen LogP contribution >= 0.6 is 0 Å². The number of hydrogen-bond acceptors (Lipinski definition) is 4. The van der Waals surface area contributed by atoms with Crippen molar-refractivity contribution in [3.8, 4) is 11.8 Å². The molecule has 98 valence electrons. The Labute approximate surface area is 108 Å². The number of carboxylic acids is 2. The zero-order chi connectivity index (χ0) is 14.4. The van der Waals surface area contributed by atoms with Gasteiger partial charge in [0.1, 0.15) is 6.42 Å².